The number of nitro benzene ring substituents is 1. The second-order valence-electron chi connectivity index (χ2n) is 8.10. The Bertz CT molecular complexity index is 1020. The highest BCUT2D eigenvalue weighted by molar-refractivity contribution is 6.13. The highest BCUT2D eigenvalue weighted by Crippen LogP contribution is 2.44. The van der Waals surface area contributed by atoms with Crippen LogP contribution in [0.4, 0.5) is 5.69 Å². The predicted octanol–water partition coefficient (Wildman–Crippen LogP) is 4.79. The van der Waals surface area contributed by atoms with Gasteiger partial charge in [0.1, 0.15) is 5.92 Å². The van der Waals surface area contributed by atoms with Crippen LogP contribution < -0.4 is 0 Å². The molecule has 1 atom stereocenters. The standard InChI is InChI=1S/C23H23NO5/c1-14-12-19(20-21(25)23(29-22(20)26)9-4-3-5-10-23)15(2)11-18(14)16-7-6-8-17(13-16)24(27)28/h6-8,11-13,20H,3-5,9-10H2,1-2H3. The van der Waals surface area contributed by atoms with Gasteiger partial charge in [0.15, 0.2) is 11.4 Å². The molecule has 0 N–H and O–H groups in total. The molecule has 0 bridgehead atoms. The molecule has 6 nitrogen and oxygen atoms in total. The number of hydrogen-bond acceptors (Lipinski definition) is 5. The van der Waals surface area contributed by atoms with Crippen molar-refractivity contribution < 1.29 is 19.2 Å². The van der Waals surface area contributed by atoms with Gasteiger partial charge in [0.25, 0.3) is 5.69 Å². The van der Waals surface area contributed by atoms with E-state index in [1.807, 2.05) is 32.0 Å². The van der Waals surface area contributed by atoms with Crippen LogP contribution in [0, 0.1) is 24.0 Å². The molecule has 1 heterocycles. The van der Waals surface area contributed by atoms with E-state index in [0.29, 0.717) is 18.4 Å². The highest BCUT2D eigenvalue weighted by atomic mass is 16.6. The van der Waals surface area contributed by atoms with Crippen molar-refractivity contribution in [3.8, 4) is 11.1 Å². The maximum Gasteiger partial charge on any atom is 0.322 e. The monoisotopic (exact) mass is 393 g/mol. The molecule has 6 heteroatoms. The number of carbonyl (C=O) groups excluding carboxylic acids is 2. The van der Waals surface area contributed by atoms with Crippen LogP contribution in [0.2, 0.25) is 0 Å². The van der Waals surface area contributed by atoms with E-state index in [-0.39, 0.29) is 11.5 Å². The van der Waals surface area contributed by atoms with E-state index in [4.69, 9.17) is 4.74 Å². The summed E-state index contributed by atoms with van der Waals surface area (Å²) in [5.74, 6) is -1.46. The Morgan fingerprint density at radius 3 is 2.45 bits per heavy atom. The summed E-state index contributed by atoms with van der Waals surface area (Å²) in [6.07, 6.45) is 4.08. The number of nitrogens with zero attached hydrogens (tertiary/aromatic N) is 1. The Kier molecular flexibility index (Phi) is 4.73. The average molecular weight is 393 g/mol. The maximum atomic E-state index is 13.2. The van der Waals surface area contributed by atoms with Crippen LogP contribution in [-0.2, 0) is 14.3 Å². The van der Waals surface area contributed by atoms with Crippen LogP contribution in [0.25, 0.3) is 11.1 Å². The van der Waals surface area contributed by atoms with E-state index in [0.717, 1.165) is 41.5 Å². The Labute approximate surface area is 169 Å². The second kappa shape index (κ2) is 7.10. The minimum Gasteiger partial charge on any atom is -0.450 e. The summed E-state index contributed by atoms with van der Waals surface area (Å²) in [6, 6.07) is 10.2. The van der Waals surface area contributed by atoms with Crippen molar-refractivity contribution in [2.24, 2.45) is 0 Å². The fourth-order valence-electron chi connectivity index (χ4n) is 4.66. The molecular weight excluding hydrogens is 370 g/mol. The summed E-state index contributed by atoms with van der Waals surface area (Å²) in [4.78, 5) is 36.6. The molecule has 1 aliphatic heterocycles. The lowest BCUT2D eigenvalue weighted by molar-refractivity contribution is -0.384. The zero-order chi connectivity index (χ0) is 20.8. The largest absolute Gasteiger partial charge is 0.450 e. The number of ether oxygens (including phenoxy) is 1. The Hall–Kier alpha value is -3.02. The van der Waals surface area contributed by atoms with Gasteiger partial charge in [0.05, 0.1) is 4.92 Å². The number of aryl methyl sites for hydroxylation is 2. The predicted molar refractivity (Wildman–Crippen MR) is 108 cm³/mol. The number of nitro groups is 1. The SMILES string of the molecule is Cc1cc(C2C(=O)OC3(CCCCC3)C2=O)c(C)cc1-c1cccc([N+](=O)[O-])c1. The van der Waals surface area contributed by atoms with Crippen molar-refractivity contribution in [3.63, 3.8) is 0 Å². The molecule has 1 saturated carbocycles. The summed E-state index contributed by atoms with van der Waals surface area (Å²) in [6.45, 7) is 3.75. The lowest BCUT2D eigenvalue weighted by Gasteiger charge is -2.29. The molecule has 2 aromatic rings. The summed E-state index contributed by atoms with van der Waals surface area (Å²) in [7, 11) is 0. The van der Waals surface area contributed by atoms with E-state index >= 15 is 0 Å². The smallest absolute Gasteiger partial charge is 0.322 e. The van der Waals surface area contributed by atoms with Gasteiger partial charge in [-0.3, -0.25) is 19.7 Å². The molecule has 2 aromatic carbocycles. The first kappa shape index (κ1) is 19.3. The lowest BCUT2D eigenvalue weighted by atomic mass is 9.77. The first-order valence-electron chi connectivity index (χ1n) is 9.95. The van der Waals surface area contributed by atoms with E-state index in [9.17, 15) is 19.7 Å². The molecule has 29 heavy (non-hydrogen) atoms. The molecule has 0 aromatic heterocycles. The number of carbonyl (C=O) groups is 2. The van der Waals surface area contributed by atoms with Crippen molar-refractivity contribution in [2.75, 3.05) is 0 Å². The molecule has 0 radical (unpaired) electrons. The highest BCUT2D eigenvalue weighted by Gasteiger charge is 2.55. The van der Waals surface area contributed by atoms with Crippen LogP contribution in [0.5, 0.6) is 0 Å². The number of esters is 1. The van der Waals surface area contributed by atoms with Gasteiger partial charge in [-0.05, 0) is 67.3 Å². The number of benzene rings is 2. The summed E-state index contributed by atoms with van der Waals surface area (Å²) < 4.78 is 5.66. The molecule has 150 valence electrons. The van der Waals surface area contributed by atoms with Crippen molar-refractivity contribution in [3.05, 3.63) is 63.2 Å². The zero-order valence-corrected chi connectivity index (χ0v) is 16.6. The minimum atomic E-state index is -0.945. The first-order chi connectivity index (χ1) is 13.8. The van der Waals surface area contributed by atoms with Gasteiger partial charge < -0.3 is 4.74 Å². The summed E-state index contributed by atoms with van der Waals surface area (Å²) in [5, 5.41) is 11.1. The third kappa shape index (κ3) is 3.22. The average Bonchev–Trinajstić information content (AvgIpc) is 2.93. The van der Waals surface area contributed by atoms with Crippen LogP contribution in [0.1, 0.15) is 54.7 Å². The molecule has 2 aliphatic rings. The third-order valence-electron chi connectivity index (χ3n) is 6.20. The van der Waals surface area contributed by atoms with Gasteiger partial charge in [-0.25, -0.2) is 0 Å². The summed E-state index contributed by atoms with van der Waals surface area (Å²) in [5.41, 5.74) is 3.00. The number of non-ortho nitro benzene ring substituents is 1. The Morgan fingerprint density at radius 2 is 1.76 bits per heavy atom. The molecule has 1 spiro atoms. The molecule has 1 saturated heterocycles. The van der Waals surface area contributed by atoms with Gasteiger partial charge >= 0.3 is 5.97 Å². The van der Waals surface area contributed by atoms with E-state index in [1.54, 1.807) is 6.07 Å². The van der Waals surface area contributed by atoms with Crippen LogP contribution in [0.15, 0.2) is 36.4 Å². The Balaban J connectivity index is 1.73. The van der Waals surface area contributed by atoms with Gasteiger partial charge in [0, 0.05) is 12.1 Å². The number of rotatable bonds is 3. The van der Waals surface area contributed by atoms with Gasteiger partial charge in [-0.2, -0.15) is 0 Å². The molecule has 1 unspecified atom stereocenters. The second-order valence-corrected chi connectivity index (χ2v) is 8.10. The quantitative estimate of drug-likeness (QED) is 0.324. The number of Topliss-reactive ketones (excluding diaryl/α,β-unsaturated/α-hetero) is 1. The van der Waals surface area contributed by atoms with Crippen LogP contribution >= 0.6 is 0 Å². The summed E-state index contributed by atoms with van der Waals surface area (Å²) >= 11 is 0. The lowest BCUT2D eigenvalue weighted by Crippen LogP contribution is -2.39. The first-order valence-corrected chi connectivity index (χ1v) is 9.95. The van der Waals surface area contributed by atoms with Gasteiger partial charge in [-0.15, -0.1) is 0 Å². The van der Waals surface area contributed by atoms with E-state index in [1.165, 1.54) is 12.1 Å². The van der Waals surface area contributed by atoms with Crippen LogP contribution in [-0.4, -0.2) is 22.3 Å². The van der Waals surface area contributed by atoms with Gasteiger partial charge in [-0.1, -0.05) is 30.7 Å². The maximum absolute atomic E-state index is 13.2. The van der Waals surface area contributed by atoms with Crippen molar-refractivity contribution in [1.29, 1.82) is 0 Å². The van der Waals surface area contributed by atoms with E-state index in [2.05, 4.69) is 0 Å². The zero-order valence-electron chi connectivity index (χ0n) is 16.6. The molecule has 4 rings (SSSR count). The van der Waals surface area contributed by atoms with Gasteiger partial charge in [0.2, 0.25) is 0 Å². The fraction of sp³-hybridized carbons (Fsp3) is 0.391. The fourth-order valence-corrected chi connectivity index (χ4v) is 4.66. The third-order valence-corrected chi connectivity index (χ3v) is 6.20. The Morgan fingerprint density at radius 1 is 1.03 bits per heavy atom. The van der Waals surface area contributed by atoms with E-state index < -0.39 is 22.4 Å². The molecule has 1 aliphatic carbocycles. The van der Waals surface area contributed by atoms with Crippen molar-refractivity contribution >= 4 is 17.4 Å². The van der Waals surface area contributed by atoms with Crippen LogP contribution in [0.3, 0.4) is 0 Å². The molecule has 2 fully saturated rings. The van der Waals surface area contributed by atoms with Crippen molar-refractivity contribution in [2.45, 2.75) is 57.5 Å². The molecular formula is C23H23NO5. The topological polar surface area (TPSA) is 86.5 Å². The number of ketones is 1. The minimum absolute atomic E-state index is 0.0254. The number of hydrogen-bond donors (Lipinski definition) is 0. The normalized spacial score (nSPS) is 20.7. The molecule has 0 amide bonds. The van der Waals surface area contributed by atoms with Crippen molar-refractivity contribution in [1.82, 2.24) is 0 Å².